The fraction of sp³-hybridized carbons (Fsp3) is 0.333. The molecule has 4 heteroatoms. The van der Waals surface area contributed by atoms with Crippen LogP contribution in [0, 0.1) is 0 Å². The summed E-state index contributed by atoms with van der Waals surface area (Å²) >= 11 is 0. The maximum atomic E-state index is 4.63. The van der Waals surface area contributed by atoms with E-state index in [0.29, 0.717) is 0 Å². The Morgan fingerprint density at radius 2 is 2.00 bits per heavy atom. The SMILES string of the molecule is CC1=C(c2cnc3[nH]cc(-c4cnn(C)c4)c3c2)CCCC1. The summed E-state index contributed by atoms with van der Waals surface area (Å²) in [5, 5.41) is 5.45. The molecule has 0 aliphatic heterocycles. The van der Waals surface area contributed by atoms with Crippen LogP contribution in [0.25, 0.3) is 27.7 Å². The Hall–Kier alpha value is -2.36. The number of hydrogen-bond donors (Lipinski definition) is 1. The standard InChI is InChI=1S/C18H20N4/c1-12-5-3-4-6-15(12)13-7-16-17(10-20-18(16)19-8-13)14-9-21-22(2)11-14/h7-11H,3-6H2,1-2H3,(H,19,20). The molecule has 22 heavy (non-hydrogen) atoms. The maximum Gasteiger partial charge on any atom is 0.137 e. The number of rotatable bonds is 2. The molecule has 3 aromatic heterocycles. The number of hydrogen-bond acceptors (Lipinski definition) is 2. The van der Waals surface area contributed by atoms with Gasteiger partial charge in [0.1, 0.15) is 5.65 Å². The molecule has 3 aromatic rings. The lowest BCUT2D eigenvalue weighted by atomic mass is 9.88. The summed E-state index contributed by atoms with van der Waals surface area (Å²) in [4.78, 5) is 7.90. The first-order valence-electron chi connectivity index (χ1n) is 7.87. The number of allylic oxidation sites excluding steroid dienone is 2. The van der Waals surface area contributed by atoms with Crippen molar-refractivity contribution in [2.75, 3.05) is 0 Å². The van der Waals surface area contributed by atoms with Crippen LogP contribution in [0.3, 0.4) is 0 Å². The highest BCUT2D eigenvalue weighted by molar-refractivity contribution is 5.95. The van der Waals surface area contributed by atoms with Gasteiger partial charge in [-0.2, -0.15) is 5.10 Å². The van der Waals surface area contributed by atoms with Crippen molar-refractivity contribution in [3.05, 3.63) is 42.0 Å². The van der Waals surface area contributed by atoms with Crippen molar-refractivity contribution in [3.8, 4) is 11.1 Å². The minimum atomic E-state index is 0.941. The minimum absolute atomic E-state index is 0.941. The minimum Gasteiger partial charge on any atom is -0.346 e. The van der Waals surface area contributed by atoms with Crippen molar-refractivity contribution in [1.82, 2.24) is 19.7 Å². The lowest BCUT2D eigenvalue weighted by Gasteiger charge is -2.17. The van der Waals surface area contributed by atoms with E-state index in [2.05, 4.69) is 28.1 Å². The Balaban J connectivity index is 1.86. The van der Waals surface area contributed by atoms with Crippen LogP contribution in [0.4, 0.5) is 0 Å². The summed E-state index contributed by atoms with van der Waals surface area (Å²) in [5.41, 5.74) is 7.52. The van der Waals surface area contributed by atoms with Crippen molar-refractivity contribution in [3.63, 3.8) is 0 Å². The van der Waals surface area contributed by atoms with Crippen molar-refractivity contribution in [1.29, 1.82) is 0 Å². The summed E-state index contributed by atoms with van der Waals surface area (Å²) in [7, 11) is 1.94. The zero-order chi connectivity index (χ0) is 15.1. The average molecular weight is 292 g/mol. The number of nitrogens with zero attached hydrogens (tertiary/aromatic N) is 3. The molecule has 0 amide bonds. The molecular formula is C18H20N4. The summed E-state index contributed by atoms with van der Waals surface area (Å²) < 4.78 is 1.83. The molecule has 0 spiro atoms. The van der Waals surface area contributed by atoms with E-state index in [1.807, 2.05) is 36.5 Å². The van der Waals surface area contributed by atoms with Crippen LogP contribution < -0.4 is 0 Å². The van der Waals surface area contributed by atoms with E-state index in [1.54, 1.807) is 0 Å². The van der Waals surface area contributed by atoms with Gasteiger partial charge in [-0.05, 0) is 49.8 Å². The molecule has 0 aromatic carbocycles. The van der Waals surface area contributed by atoms with Crippen LogP contribution in [-0.4, -0.2) is 19.7 Å². The normalized spacial score (nSPS) is 15.7. The Morgan fingerprint density at radius 3 is 2.77 bits per heavy atom. The fourth-order valence-electron chi connectivity index (χ4n) is 3.41. The van der Waals surface area contributed by atoms with Crippen LogP contribution in [0.2, 0.25) is 0 Å². The largest absolute Gasteiger partial charge is 0.346 e. The quantitative estimate of drug-likeness (QED) is 0.765. The third kappa shape index (κ3) is 2.15. The van der Waals surface area contributed by atoms with Gasteiger partial charge in [0.2, 0.25) is 0 Å². The molecule has 4 rings (SSSR count). The van der Waals surface area contributed by atoms with E-state index in [4.69, 9.17) is 0 Å². The molecule has 0 radical (unpaired) electrons. The topological polar surface area (TPSA) is 46.5 Å². The first-order valence-corrected chi connectivity index (χ1v) is 7.87. The van der Waals surface area contributed by atoms with Gasteiger partial charge in [-0.15, -0.1) is 0 Å². The van der Waals surface area contributed by atoms with E-state index in [9.17, 15) is 0 Å². The van der Waals surface area contributed by atoms with E-state index in [0.717, 1.165) is 11.2 Å². The summed E-state index contributed by atoms with van der Waals surface area (Å²) in [6.45, 7) is 2.26. The van der Waals surface area contributed by atoms with Crippen LogP contribution >= 0.6 is 0 Å². The second-order valence-corrected chi connectivity index (χ2v) is 6.19. The second-order valence-electron chi connectivity index (χ2n) is 6.19. The van der Waals surface area contributed by atoms with Crippen LogP contribution in [0.5, 0.6) is 0 Å². The zero-order valence-corrected chi connectivity index (χ0v) is 13.1. The van der Waals surface area contributed by atoms with E-state index in [1.165, 1.54) is 53.3 Å². The predicted molar refractivity (Wildman–Crippen MR) is 89.4 cm³/mol. The Bertz CT molecular complexity index is 866. The monoisotopic (exact) mass is 292 g/mol. The molecule has 0 atom stereocenters. The van der Waals surface area contributed by atoms with Gasteiger partial charge in [0.05, 0.1) is 6.20 Å². The molecule has 0 fully saturated rings. The highest BCUT2D eigenvalue weighted by Crippen LogP contribution is 2.34. The van der Waals surface area contributed by atoms with Crippen LogP contribution in [0.15, 0.2) is 36.4 Å². The van der Waals surface area contributed by atoms with Gasteiger partial charge in [0.25, 0.3) is 0 Å². The predicted octanol–water partition coefficient (Wildman–Crippen LogP) is 4.31. The summed E-state index contributed by atoms with van der Waals surface area (Å²) in [6.07, 6.45) is 13.0. The molecule has 1 aliphatic carbocycles. The molecule has 1 N–H and O–H groups in total. The van der Waals surface area contributed by atoms with E-state index >= 15 is 0 Å². The molecule has 112 valence electrons. The maximum absolute atomic E-state index is 4.63. The number of fused-ring (bicyclic) bond motifs is 1. The van der Waals surface area contributed by atoms with E-state index in [-0.39, 0.29) is 0 Å². The fourth-order valence-corrected chi connectivity index (χ4v) is 3.41. The lowest BCUT2D eigenvalue weighted by Crippen LogP contribution is -1.97. The molecule has 0 saturated carbocycles. The van der Waals surface area contributed by atoms with Crippen molar-refractivity contribution in [2.24, 2.45) is 7.05 Å². The molecule has 1 aliphatic rings. The van der Waals surface area contributed by atoms with Gasteiger partial charge >= 0.3 is 0 Å². The molecular weight excluding hydrogens is 272 g/mol. The summed E-state index contributed by atoms with van der Waals surface area (Å²) in [6, 6.07) is 2.28. The van der Waals surface area contributed by atoms with Gasteiger partial charge in [0, 0.05) is 42.2 Å². The molecule has 0 bridgehead atoms. The molecule has 0 unspecified atom stereocenters. The Morgan fingerprint density at radius 1 is 1.14 bits per heavy atom. The number of nitrogens with one attached hydrogen (secondary N) is 1. The Labute approximate surface area is 129 Å². The van der Waals surface area contributed by atoms with Crippen molar-refractivity contribution < 1.29 is 0 Å². The van der Waals surface area contributed by atoms with E-state index < -0.39 is 0 Å². The van der Waals surface area contributed by atoms with Crippen molar-refractivity contribution in [2.45, 2.75) is 32.6 Å². The van der Waals surface area contributed by atoms with Crippen LogP contribution in [-0.2, 0) is 7.05 Å². The second kappa shape index (κ2) is 5.13. The van der Waals surface area contributed by atoms with Gasteiger partial charge in [-0.25, -0.2) is 4.98 Å². The van der Waals surface area contributed by atoms with Gasteiger partial charge in [0.15, 0.2) is 0 Å². The molecule has 0 saturated heterocycles. The summed E-state index contributed by atoms with van der Waals surface area (Å²) in [5.74, 6) is 0. The first-order chi connectivity index (χ1) is 10.7. The zero-order valence-electron chi connectivity index (χ0n) is 13.1. The van der Waals surface area contributed by atoms with Gasteiger partial charge in [-0.1, -0.05) is 5.57 Å². The Kier molecular flexibility index (Phi) is 3.10. The first kappa shape index (κ1) is 13.3. The number of aromatic nitrogens is 4. The number of aryl methyl sites for hydroxylation is 1. The van der Waals surface area contributed by atoms with Crippen LogP contribution in [0.1, 0.15) is 38.2 Å². The third-order valence-electron chi connectivity index (χ3n) is 4.64. The molecule has 3 heterocycles. The third-order valence-corrected chi connectivity index (χ3v) is 4.64. The highest BCUT2D eigenvalue weighted by Gasteiger charge is 2.14. The molecule has 4 nitrogen and oxygen atoms in total. The van der Waals surface area contributed by atoms with Gasteiger partial charge < -0.3 is 4.98 Å². The number of aromatic amines is 1. The number of pyridine rings is 1. The average Bonchev–Trinajstić information content (AvgIpc) is 3.13. The smallest absolute Gasteiger partial charge is 0.137 e. The number of H-pyrrole nitrogens is 1. The highest BCUT2D eigenvalue weighted by atomic mass is 15.2. The van der Waals surface area contributed by atoms with Gasteiger partial charge in [-0.3, -0.25) is 4.68 Å². The van der Waals surface area contributed by atoms with Crippen molar-refractivity contribution >= 4 is 16.6 Å². The lowest BCUT2D eigenvalue weighted by molar-refractivity contribution is 0.714.